The monoisotopic (exact) mass is 239 g/mol. The van der Waals surface area contributed by atoms with Gasteiger partial charge in [-0.2, -0.15) is 0 Å². The third-order valence-electron chi connectivity index (χ3n) is 2.99. The number of aromatic nitrogens is 1. The highest BCUT2D eigenvalue weighted by Gasteiger charge is 2.06. The number of aryl methyl sites for hydroxylation is 2. The quantitative estimate of drug-likeness (QED) is 0.748. The van der Waals surface area contributed by atoms with Gasteiger partial charge in [0.1, 0.15) is 0 Å². The first-order valence-corrected chi connectivity index (χ1v) is 6.31. The molecule has 0 unspecified atom stereocenters. The van der Waals surface area contributed by atoms with Gasteiger partial charge in [-0.1, -0.05) is 31.2 Å². The highest BCUT2D eigenvalue weighted by molar-refractivity contribution is 5.96. The molecule has 0 radical (unpaired) electrons. The summed E-state index contributed by atoms with van der Waals surface area (Å²) in [5, 5.41) is 0. The highest BCUT2D eigenvalue weighted by atomic mass is 16.1. The van der Waals surface area contributed by atoms with Gasteiger partial charge in [0.2, 0.25) is 0 Å². The molecule has 0 bridgehead atoms. The lowest BCUT2D eigenvalue weighted by Gasteiger charge is -2.03. The molecule has 92 valence electrons. The molecule has 0 fully saturated rings. The van der Waals surface area contributed by atoms with Crippen LogP contribution < -0.4 is 0 Å². The SMILES string of the molecule is CCc1cccc(C(=O)CCc2ccccn2)c1. The van der Waals surface area contributed by atoms with Crippen LogP contribution in [0.4, 0.5) is 0 Å². The molecule has 0 amide bonds. The lowest BCUT2D eigenvalue weighted by Crippen LogP contribution is -2.02. The van der Waals surface area contributed by atoms with E-state index in [0.29, 0.717) is 12.8 Å². The van der Waals surface area contributed by atoms with Crippen molar-refractivity contribution in [2.24, 2.45) is 0 Å². The van der Waals surface area contributed by atoms with E-state index in [1.807, 2.05) is 36.4 Å². The fourth-order valence-electron chi connectivity index (χ4n) is 1.90. The first-order chi connectivity index (χ1) is 8.79. The summed E-state index contributed by atoms with van der Waals surface area (Å²) in [4.78, 5) is 16.3. The van der Waals surface area contributed by atoms with Crippen LogP contribution in [0.15, 0.2) is 48.7 Å². The number of rotatable bonds is 5. The Morgan fingerprint density at radius 3 is 2.78 bits per heavy atom. The molecule has 2 heteroatoms. The van der Waals surface area contributed by atoms with E-state index in [9.17, 15) is 4.79 Å². The molecule has 18 heavy (non-hydrogen) atoms. The Hall–Kier alpha value is -1.96. The van der Waals surface area contributed by atoms with Crippen LogP contribution in [0, 0.1) is 0 Å². The van der Waals surface area contributed by atoms with Crippen molar-refractivity contribution in [3.8, 4) is 0 Å². The Morgan fingerprint density at radius 2 is 2.06 bits per heavy atom. The molecule has 0 N–H and O–H groups in total. The number of hydrogen-bond donors (Lipinski definition) is 0. The van der Waals surface area contributed by atoms with Gasteiger partial charge in [0.15, 0.2) is 5.78 Å². The summed E-state index contributed by atoms with van der Waals surface area (Å²) in [6, 6.07) is 13.7. The van der Waals surface area contributed by atoms with Crippen molar-refractivity contribution in [3.63, 3.8) is 0 Å². The van der Waals surface area contributed by atoms with E-state index in [1.165, 1.54) is 5.56 Å². The molecule has 0 aliphatic carbocycles. The second-order valence-corrected chi connectivity index (χ2v) is 4.30. The van der Waals surface area contributed by atoms with Crippen LogP contribution in [0.1, 0.15) is 35.0 Å². The normalized spacial score (nSPS) is 10.3. The zero-order valence-electron chi connectivity index (χ0n) is 10.6. The smallest absolute Gasteiger partial charge is 0.163 e. The van der Waals surface area contributed by atoms with E-state index in [4.69, 9.17) is 0 Å². The molecule has 2 nitrogen and oxygen atoms in total. The lowest BCUT2D eigenvalue weighted by molar-refractivity contribution is 0.0982. The number of ketones is 1. The molecule has 0 saturated carbocycles. The van der Waals surface area contributed by atoms with Gasteiger partial charge in [-0.05, 0) is 36.6 Å². The van der Waals surface area contributed by atoms with Crippen molar-refractivity contribution in [2.45, 2.75) is 26.2 Å². The van der Waals surface area contributed by atoms with Gasteiger partial charge in [-0.15, -0.1) is 0 Å². The van der Waals surface area contributed by atoms with Crippen LogP contribution in [0.5, 0.6) is 0 Å². The number of pyridine rings is 1. The number of benzene rings is 1. The number of carbonyl (C=O) groups is 1. The molecule has 1 aromatic carbocycles. The predicted molar refractivity (Wildman–Crippen MR) is 72.7 cm³/mol. The first kappa shape index (κ1) is 12.5. The van der Waals surface area contributed by atoms with Crippen molar-refractivity contribution < 1.29 is 4.79 Å². The molecule has 0 saturated heterocycles. The summed E-state index contributed by atoms with van der Waals surface area (Å²) in [6.45, 7) is 2.09. The maximum Gasteiger partial charge on any atom is 0.163 e. The van der Waals surface area contributed by atoms with E-state index < -0.39 is 0 Å². The van der Waals surface area contributed by atoms with E-state index in [0.717, 1.165) is 17.7 Å². The lowest BCUT2D eigenvalue weighted by atomic mass is 10.0. The second kappa shape index (κ2) is 6.10. The van der Waals surface area contributed by atoms with Crippen molar-refractivity contribution in [1.29, 1.82) is 0 Å². The Kier molecular flexibility index (Phi) is 4.24. The molecule has 0 aliphatic rings. The Labute approximate surface area is 108 Å². The zero-order valence-corrected chi connectivity index (χ0v) is 10.6. The summed E-state index contributed by atoms with van der Waals surface area (Å²) in [7, 11) is 0. The van der Waals surface area contributed by atoms with Crippen LogP contribution in [0.3, 0.4) is 0 Å². The third kappa shape index (κ3) is 3.27. The van der Waals surface area contributed by atoms with Gasteiger partial charge >= 0.3 is 0 Å². The largest absolute Gasteiger partial charge is 0.294 e. The number of hydrogen-bond acceptors (Lipinski definition) is 2. The summed E-state index contributed by atoms with van der Waals surface area (Å²) in [5.74, 6) is 0.191. The topological polar surface area (TPSA) is 30.0 Å². The van der Waals surface area contributed by atoms with E-state index >= 15 is 0 Å². The van der Waals surface area contributed by atoms with Crippen molar-refractivity contribution in [1.82, 2.24) is 4.98 Å². The zero-order chi connectivity index (χ0) is 12.8. The summed E-state index contributed by atoms with van der Waals surface area (Å²) >= 11 is 0. The van der Waals surface area contributed by atoms with Gasteiger partial charge in [-0.25, -0.2) is 0 Å². The molecular weight excluding hydrogens is 222 g/mol. The third-order valence-corrected chi connectivity index (χ3v) is 2.99. The van der Waals surface area contributed by atoms with E-state index in [-0.39, 0.29) is 5.78 Å². The minimum absolute atomic E-state index is 0.191. The highest BCUT2D eigenvalue weighted by Crippen LogP contribution is 2.10. The molecule has 2 aromatic rings. The van der Waals surface area contributed by atoms with E-state index in [2.05, 4.69) is 18.0 Å². The van der Waals surface area contributed by atoms with Crippen LogP contribution >= 0.6 is 0 Å². The van der Waals surface area contributed by atoms with Crippen LogP contribution in [0.25, 0.3) is 0 Å². The fraction of sp³-hybridized carbons (Fsp3) is 0.250. The minimum Gasteiger partial charge on any atom is -0.294 e. The van der Waals surface area contributed by atoms with Crippen molar-refractivity contribution >= 4 is 5.78 Å². The van der Waals surface area contributed by atoms with Gasteiger partial charge in [0, 0.05) is 23.9 Å². The van der Waals surface area contributed by atoms with Crippen molar-refractivity contribution in [2.75, 3.05) is 0 Å². The van der Waals surface area contributed by atoms with Crippen molar-refractivity contribution in [3.05, 3.63) is 65.5 Å². The maximum atomic E-state index is 12.1. The molecule has 1 aromatic heterocycles. The van der Waals surface area contributed by atoms with Gasteiger partial charge < -0.3 is 0 Å². The number of carbonyl (C=O) groups excluding carboxylic acids is 1. The number of Topliss-reactive ketones (excluding diaryl/α,β-unsaturated/α-hetero) is 1. The molecule has 0 aliphatic heterocycles. The standard InChI is InChI=1S/C16H17NO/c1-2-13-6-5-7-14(12-13)16(18)10-9-15-8-3-4-11-17-15/h3-8,11-12H,2,9-10H2,1H3. The molecule has 2 rings (SSSR count). The van der Waals surface area contributed by atoms with Crippen LogP contribution in [0.2, 0.25) is 0 Å². The predicted octanol–water partition coefficient (Wildman–Crippen LogP) is 3.46. The molecule has 0 atom stereocenters. The Bertz CT molecular complexity index is 520. The summed E-state index contributed by atoms with van der Waals surface area (Å²) in [6.07, 6.45) is 3.94. The molecule has 0 spiro atoms. The second-order valence-electron chi connectivity index (χ2n) is 4.30. The van der Waals surface area contributed by atoms with Gasteiger partial charge in [0.25, 0.3) is 0 Å². The number of nitrogens with zero attached hydrogens (tertiary/aromatic N) is 1. The summed E-state index contributed by atoms with van der Waals surface area (Å²) < 4.78 is 0. The van der Waals surface area contributed by atoms with Crippen LogP contribution in [-0.4, -0.2) is 10.8 Å². The fourth-order valence-corrected chi connectivity index (χ4v) is 1.90. The van der Waals surface area contributed by atoms with Crippen LogP contribution in [-0.2, 0) is 12.8 Å². The van der Waals surface area contributed by atoms with Gasteiger partial charge in [0.05, 0.1) is 0 Å². The molecular formula is C16H17NO. The average molecular weight is 239 g/mol. The van der Waals surface area contributed by atoms with Gasteiger partial charge in [-0.3, -0.25) is 9.78 Å². The summed E-state index contributed by atoms with van der Waals surface area (Å²) in [5.41, 5.74) is 2.99. The molecule has 1 heterocycles. The maximum absolute atomic E-state index is 12.1. The first-order valence-electron chi connectivity index (χ1n) is 6.31. The average Bonchev–Trinajstić information content (AvgIpc) is 2.46. The van der Waals surface area contributed by atoms with E-state index in [1.54, 1.807) is 6.20 Å². The Balaban J connectivity index is 1.99. The minimum atomic E-state index is 0.191. The Morgan fingerprint density at radius 1 is 1.17 bits per heavy atom.